The SMILES string of the molecule is [2H]c1c([2H])c([2H])c(-c2ccc(Nc3cc4c5ccc6ccccc6c5sc4c4ccccc34)cc2)c([2H])c1[2H].c1ccc(-c2ccc(Nc3c4ccccc4cc4c3sc3c5ccccc5ccc43)cc2)cc1.c1ccc2cc(Nc3cc4ccccc4c4c3sc3c5ccccc5ccc34)ccc2c1.c1ccc2cc3c(cc2c1)sc1c2ccccc2c(Nc2cccc4ccccc24)cc31. The first-order valence-corrected chi connectivity index (χ1v) is 47.7. The van der Waals surface area contributed by atoms with Gasteiger partial charge in [-0.3, -0.25) is 0 Å². The van der Waals surface area contributed by atoms with Crippen LogP contribution in [-0.4, -0.2) is 0 Å². The molecule has 0 aliphatic rings. The Morgan fingerprint density at radius 1 is 0.167 bits per heavy atom. The monoisotopic (exact) mass is 1760 g/mol. The minimum atomic E-state index is -0.386. The molecule has 132 heavy (non-hydrogen) atoms. The molecule has 8 heteroatoms. The first-order valence-electron chi connectivity index (χ1n) is 46.9. The molecule has 0 bridgehead atoms. The van der Waals surface area contributed by atoms with Gasteiger partial charge in [-0.2, -0.15) is 0 Å². The van der Waals surface area contributed by atoms with Gasteiger partial charge in [0.25, 0.3) is 0 Å². The number of hydrogen-bond donors (Lipinski definition) is 4. The summed E-state index contributed by atoms with van der Waals surface area (Å²) in [6.07, 6.45) is 0. The number of hydrogen-bond acceptors (Lipinski definition) is 8. The third-order valence-electron chi connectivity index (χ3n) is 25.7. The van der Waals surface area contributed by atoms with E-state index in [9.17, 15) is 0 Å². The van der Waals surface area contributed by atoms with Crippen molar-refractivity contribution >= 4 is 279 Å². The fourth-order valence-corrected chi connectivity index (χ4v) is 24.6. The van der Waals surface area contributed by atoms with Gasteiger partial charge in [0.15, 0.2) is 0 Å². The maximum absolute atomic E-state index is 8.29. The minimum absolute atomic E-state index is 0.199. The summed E-state index contributed by atoms with van der Waals surface area (Å²) in [6.45, 7) is 0. The molecule has 0 saturated heterocycles. The molecule has 0 radical (unpaired) electrons. The van der Waals surface area contributed by atoms with Crippen LogP contribution in [0.15, 0.2) is 461 Å². The molecule has 0 spiro atoms. The molecule has 620 valence electrons. The molecule has 0 aliphatic heterocycles. The Hall–Kier alpha value is -16.0. The van der Waals surface area contributed by atoms with E-state index in [1.165, 1.54) is 206 Å². The Balaban J connectivity index is 0.0000000973. The summed E-state index contributed by atoms with van der Waals surface area (Å²) in [6, 6.07) is 152. The highest BCUT2D eigenvalue weighted by Gasteiger charge is 2.22. The van der Waals surface area contributed by atoms with E-state index >= 15 is 0 Å². The van der Waals surface area contributed by atoms with Gasteiger partial charge in [0.2, 0.25) is 0 Å². The van der Waals surface area contributed by atoms with Crippen LogP contribution in [0.5, 0.6) is 0 Å². The standard InChI is InChI=1S/2C32H21NS.2C30H19NS/c1-2-8-21(9-3-1)22-14-17-25(18-15-22)33-30-26-12-6-5-11-24(26)20-29-28-19-16-23-10-4-7-13-27(23)31(28)34-32(29)30;1-2-8-21(9-3-1)22-14-17-24(18-15-22)33-30-20-29-28-19-16-23-10-4-5-11-25(23)31(28)34-32(29)27-13-7-6-12-26(27)30;1-2-9-21-17-23(15-13-19(21)7-1)31-27-18-22-10-4-5-11-24(22)28-26-16-14-20-8-3-6-12-25(20)29(26)32-30(27)28;1-2-10-21-17-29-25(16-20(21)9-1)26-18-28(23-13-5-6-14-24(23)30(26)32-29)31-27-15-7-11-19-8-3-4-12-22(19)27/h2*1-20,33H;2*1-18,31H/i;1D,2D,3D,8D,9D;;. The van der Waals surface area contributed by atoms with Crippen molar-refractivity contribution in [1.82, 2.24) is 0 Å². The molecular formula is C124H80N4S4. The zero-order chi connectivity index (χ0) is 91.5. The number of fused-ring (bicyclic) bond motifs is 28. The molecule has 0 amide bonds. The van der Waals surface area contributed by atoms with Crippen LogP contribution in [0.25, 0.3) is 211 Å². The van der Waals surface area contributed by atoms with Gasteiger partial charge in [-0.15, -0.1) is 45.3 Å². The van der Waals surface area contributed by atoms with Crippen LogP contribution >= 0.6 is 45.3 Å². The highest BCUT2D eigenvalue weighted by Crippen LogP contribution is 2.51. The summed E-state index contributed by atoms with van der Waals surface area (Å²) in [7, 11) is 0. The maximum Gasteiger partial charge on any atom is 0.0645 e. The quantitative estimate of drug-likeness (QED) is 0.110. The molecule has 0 unspecified atom stereocenters. The van der Waals surface area contributed by atoms with Crippen molar-refractivity contribution in [3.05, 3.63) is 461 Å². The van der Waals surface area contributed by atoms with E-state index in [-0.39, 0.29) is 35.8 Å². The lowest BCUT2D eigenvalue weighted by molar-refractivity contribution is 1.57. The van der Waals surface area contributed by atoms with Gasteiger partial charge in [-0.05, 0) is 177 Å². The predicted molar refractivity (Wildman–Crippen MR) is 582 cm³/mol. The summed E-state index contributed by atoms with van der Waals surface area (Å²) >= 11 is 7.51. The number of rotatable bonds is 10. The highest BCUT2D eigenvalue weighted by atomic mass is 32.1. The van der Waals surface area contributed by atoms with Crippen LogP contribution < -0.4 is 21.3 Å². The van der Waals surface area contributed by atoms with E-state index in [2.05, 4.69) is 422 Å². The number of thiophene rings is 4. The van der Waals surface area contributed by atoms with Gasteiger partial charge in [0, 0.05) is 138 Å². The minimum Gasteiger partial charge on any atom is -0.355 e. The summed E-state index contributed by atoms with van der Waals surface area (Å²) in [4.78, 5) is 0. The zero-order valence-corrected chi connectivity index (χ0v) is 74.4. The van der Waals surface area contributed by atoms with Crippen LogP contribution in [0, 0.1) is 0 Å². The smallest absolute Gasteiger partial charge is 0.0645 e. The lowest BCUT2D eigenvalue weighted by atomic mass is 10.0. The van der Waals surface area contributed by atoms with Crippen molar-refractivity contribution < 1.29 is 6.85 Å². The van der Waals surface area contributed by atoms with Crippen LogP contribution in [0.3, 0.4) is 0 Å². The molecule has 4 heterocycles. The van der Waals surface area contributed by atoms with Crippen LogP contribution in [0.4, 0.5) is 45.5 Å². The van der Waals surface area contributed by atoms with Crippen molar-refractivity contribution in [1.29, 1.82) is 0 Å². The van der Waals surface area contributed by atoms with E-state index in [1.54, 1.807) is 12.1 Å². The Morgan fingerprint density at radius 3 is 1.17 bits per heavy atom. The average Bonchev–Trinajstić information content (AvgIpc) is 1.65. The third-order valence-corrected chi connectivity index (χ3v) is 30.8. The normalized spacial score (nSPS) is 12.2. The summed E-state index contributed by atoms with van der Waals surface area (Å²) < 4.78 is 51.0. The molecule has 24 aromatic carbocycles. The van der Waals surface area contributed by atoms with Gasteiger partial charge >= 0.3 is 0 Å². The Kier molecular flexibility index (Phi) is 18.4. The summed E-state index contributed by atoms with van der Waals surface area (Å²) in [5.74, 6) is 0. The topological polar surface area (TPSA) is 48.1 Å². The van der Waals surface area contributed by atoms with Crippen molar-refractivity contribution in [3.63, 3.8) is 0 Å². The lowest BCUT2D eigenvalue weighted by Crippen LogP contribution is -1.93. The van der Waals surface area contributed by atoms with Gasteiger partial charge in [-0.25, -0.2) is 0 Å². The summed E-state index contributed by atoms with van der Waals surface area (Å²) in [5.41, 5.74) is 11.9. The van der Waals surface area contributed by atoms with Crippen LogP contribution in [0.2, 0.25) is 0 Å². The zero-order valence-electron chi connectivity index (χ0n) is 76.1. The molecule has 0 atom stereocenters. The second-order valence-corrected chi connectivity index (χ2v) is 37.7. The molecule has 28 aromatic rings. The fourth-order valence-electron chi connectivity index (χ4n) is 19.4. The molecule has 4 aromatic heterocycles. The molecule has 0 fully saturated rings. The number of anilines is 8. The van der Waals surface area contributed by atoms with E-state index in [0.717, 1.165) is 39.5 Å². The van der Waals surface area contributed by atoms with Crippen molar-refractivity contribution in [2.24, 2.45) is 0 Å². The van der Waals surface area contributed by atoms with E-state index in [4.69, 9.17) is 6.85 Å². The first kappa shape index (κ1) is 72.9. The lowest BCUT2D eigenvalue weighted by Gasteiger charge is -2.13. The van der Waals surface area contributed by atoms with Crippen LogP contribution in [-0.2, 0) is 0 Å². The number of benzene rings is 24. The van der Waals surface area contributed by atoms with E-state index < -0.39 is 0 Å². The molecule has 4 N–H and O–H groups in total. The van der Waals surface area contributed by atoms with Gasteiger partial charge in [-0.1, -0.05) is 382 Å². The molecule has 4 nitrogen and oxygen atoms in total. The Labute approximate surface area is 784 Å². The third kappa shape index (κ3) is 14.2. The second kappa shape index (κ2) is 33.2. The van der Waals surface area contributed by atoms with Gasteiger partial charge in [0.05, 0.1) is 27.6 Å². The Bertz CT molecular complexity index is 9740. The maximum atomic E-state index is 8.29. The molecular weight excluding hydrogens is 1670 g/mol. The predicted octanol–water partition coefficient (Wildman–Crippen LogP) is 38.1. The van der Waals surface area contributed by atoms with Gasteiger partial charge in [0.1, 0.15) is 0 Å². The summed E-state index contributed by atoms with van der Waals surface area (Å²) in [5, 5.41) is 50.5. The average molecular weight is 1760 g/mol. The van der Waals surface area contributed by atoms with Crippen molar-refractivity contribution in [2.75, 3.05) is 21.3 Å². The van der Waals surface area contributed by atoms with E-state index in [1.807, 2.05) is 63.5 Å². The van der Waals surface area contributed by atoms with Crippen molar-refractivity contribution in [3.8, 4) is 22.3 Å². The molecule has 28 rings (SSSR count). The number of nitrogens with one attached hydrogen (secondary N) is 4. The Morgan fingerprint density at radius 2 is 0.545 bits per heavy atom. The largest absolute Gasteiger partial charge is 0.355 e. The van der Waals surface area contributed by atoms with Crippen molar-refractivity contribution in [2.45, 2.75) is 0 Å². The molecule has 0 saturated carbocycles. The van der Waals surface area contributed by atoms with Crippen LogP contribution in [0.1, 0.15) is 6.85 Å². The van der Waals surface area contributed by atoms with Gasteiger partial charge < -0.3 is 21.3 Å². The molecule has 0 aliphatic carbocycles. The fraction of sp³-hybridized carbons (Fsp3) is 0. The second-order valence-electron chi connectivity index (χ2n) is 33.6. The highest BCUT2D eigenvalue weighted by molar-refractivity contribution is 7.29. The first-order chi connectivity index (χ1) is 67.5. The van der Waals surface area contributed by atoms with E-state index in [0.29, 0.717) is 5.56 Å².